The van der Waals surface area contributed by atoms with Crippen LogP contribution in [0.5, 0.6) is 0 Å². The van der Waals surface area contributed by atoms with Crippen LogP contribution in [0, 0.1) is 0 Å². The van der Waals surface area contributed by atoms with Gasteiger partial charge in [0.2, 0.25) is 0 Å². The van der Waals surface area contributed by atoms with E-state index in [1.165, 1.54) is 0 Å². The molecule has 1 aromatic rings. The third kappa shape index (κ3) is 3.59. The summed E-state index contributed by atoms with van der Waals surface area (Å²) in [6.07, 6.45) is -0.584. The molecule has 3 nitrogen and oxygen atoms in total. The predicted molar refractivity (Wildman–Crippen MR) is 75.4 cm³/mol. The molecule has 0 radical (unpaired) electrons. The number of aliphatic hydroxyl groups is 1. The van der Waals surface area contributed by atoms with Crippen LogP contribution in [0.15, 0.2) is 18.2 Å². The first-order valence-electron chi connectivity index (χ1n) is 6.10. The lowest BCUT2D eigenvalue weighted by molar-refractivity contribution is 0.0806. The largest absolute Gasteiger partial charge is 0.387 e. The molecule has 100 valence electrons. The van der Waals surface area contributed by atoms with Gasteiger partial charge in [-0.3, -0.25) is 4.90 Å². The zero-order valence-electron chi connectivity index (χ0n) is 10.4. The Hall–Kier alpha value is -0.320. The molecular weight excluding hydrogens is 271 g/mol. The highest BCUT2D eigenvalue weighted by atomic mass is 35.5. The summed E-state index contributed by atoms with van der Waals surface area (Å²) in [5.41, 5.74) is 0.711. The van der Waals surface area contributed by atoms with Crippen molar-refractivity contribution in [2.24, 2.45) is 0 Å². The Bertz CT molecular complexity index is 406. The maximum absolute atomic E-state index is 10.2. The fraction of sp³-hybridized carbons (Fsp3) is 0.538. The van der Waals surface area contributed by atoms with Crippen molar-refractivity contribution in [3.05, 3.63) is 33.8 Å². The van der Waals surface area contributed by atoms with Gasteiger partial charge < -0.3 is 10.0 Å². The van der Waals surface area contributed by atoms with Crippen LogP contribution in [0.3, 0.4) is 0 Å². The van der Waals surface area contributed by atoms with Crippen molar-refractivity contribution in [3.8, 4) is 0 Å². The second-order valence-corrected chi connectivity index (χ2v) is 5.63. The Balaban J connectivity index is 1.98. The molecule has 0 aromatic heterocycles. The van der Waals surface area contributed by atoms with Gasteiger partial charge in [0.25, 0.3) is 0 Å². The molecule has 1 N–H and O–H groups in total. The average Bonchev–Trinajstić information content (AvgIpc) is 2.35. The SMILES string of the molecule is CN1CCN(C[C@H](O)c2cc(Cl)ccc2Cl)CC1. The maximum Gasteiger partial charge on any atom is 0.0931 e. The minimum absolute atomic E-state index is 0.570. The third-order valence-corrected chi connectivity index (χ3v) is 3.92. The lowest BCUT2D eigenvalue weighted by atomic mass is 10.1. The molecule has 2 rings (SSSR count). The first kappa shape index (κ1) is 14.1. The molecule has 0 aliphatic carbocycles. The molecule has 0 saturated carbocycles. The summed E-state index contributed by atoms with van der Waals surface area (Å²) in [5.74, 6) is 0. The lowest BCUT2D eigenvalue weighted by Crippen LogP contribution is -2.45. The highest BCUT2D eigenvalue weighted by molar-refractivity contribution is 6.33. The molecule has 1 fully saturated rings. The summed E-state index contributed by atoms with van der Waals surface area (Å²) in [6.45, 7) is 4.64. The van der Waals surface area contributed by atoms with Gasteiger partial charge in [-0.1, -0.05) is 23.2 Å². The Kier molecular flexibility index (Phi) is 4.87. The van der Waals surface area contributed by atoms with Crippen LogP contribution in [0.4, 0.5) is 0 Å². The summed E-state index contributed by atoms with van der Waals surface area (Å²) >= 11 is 12.0. The highest BCUT2D eigenvalue weighted by Gasteiger charge is 2.19. The molecule has 1 saturated heterocycles. The molecule has 18 heavy (non-hydrogen) atoms. The van der Waals surface area contributed by atoms with Gasteiger partial charge in [-0.2, -0.15) is 0 Å². The summed E-state index contributed by atoms with van der Waals surface area (Å²) in [7, 11) is 2.11. The molecule has 0 unspecified atom stereocenters. The number of piperazine rings is 1. The van der Waals surface area contributed by atoms with E-state index < -0.39 is 6.10 Å². The molecule has 0 spiro atoms. The maximum atomic E-state index is 10.2. The lowest BCUT2D eigenvalue weighted by Gasteiger charge is -2.33. The monoisotopic (exact) mass is 288 g/mol. The van der Waals surface area contributed by atoms with Crippen LogP contribution in [0.1, 0.15) is 11.7 Å². The van der Waals surface area contributed by atoms with Crippen LogP contribution in [0.25, 0.3) is 0 Å². The third-order valence-electron chi connectivity index (χ3n) is 3.34. The van der Waals surface area contributed by atoms with Gasteiger partial charge >= 0.3 is 0 Å². The number of rotatable bonds is 3. The molecule has 0 amide bonds. The van der Waals surface area contributed by atoms with Crippen LogP contribution < -0.4 is 0 Å². The molecule has 1 aromatic carbocycles. The van der Waals surface area contributed by atoms with Gasteiger partial charge in [-0.25, -0.2) is 0 Å². The van der Waals surface area contributed by atoms with Crippen LogP contribution in [-0.2, 0) is 0 Å². The number of β-amino-alcohol motifs (C(OH)–C–C–N with tert-alkyl or cyclic N) is 1. The van der Waals surface area contributed by atoms with Crippen LogP contribution >= 0.6 is 23.2 Å². The Labute approximate surface area is 118 Å². The molecule has 5 heteroatoms. The van der Waals surface area contributed by atoms with E-state index in [4.69, 9.17) is 23.2 Å². The van der Waals surface area contributed by atoms with Gasteiger partial charge in [0.15, 0.2) is 0 Å². The number of hydrogen-bond acceptors (Lipinski definition) is 3. The van der Waals surface area contributed by atoms with Crippen molar-refractivity contribution >= 4 is 23.2 Å². The highest BCUT2D eigenvalue weighted by Crippen LogP contribution is 2.27. The minimum atomic E-state index is -0.584. The summed E-state index contributed by atoms with van der Waals surface area (Å²) in [6, 6.07) is 5.20. The molecule has 1 heterocycles. The van der Waals surface area contributed by atoms with E-state index in [2.05, 4.69) is 16.8 Å². The van der Waals surface area contributed by atoms with E-state index in [1.54, 1.807) is 18.2 Å². The number of nitrogens with zero attached hydrogens (tertiary/aromatic N) is 2. The zero-order valence-corrected chi connectivity index (χ0v) is 12.0. The molecule has 1 aliphatic rings. The first-order chi connectivity index (χ1) is 8.56. The second kappa shape index (κ2) is 6.22. The summed E-state index contributed by atoms with van der Waals surface area (Å²) < 4.78 is 0. The van der Waals surface area contributed by atoms with Crippen LogP contribution in [0.2, 0.25) is 10.0 Å². The van der Waals surface area contributed by atoms with Crippen molar-refractivity contribution in [3.63, 3.8) is 0 Å². The molecule has 0 bridgehead atoms. The summed E-state index contributed by atoms with van der Waals surface area (Å²) in [5, 5.41) is 11.4. The van der Waals surface area contributed by atoms with Crippen molar-refractivity contribution in [1.29, 1.82) is 0 Å². The fourth-order valence-electron chi connectivity index (χ4n) is 2.14. The number of aliphatic hydroxyl groups excluding tert-OH is 1. The quantitative estimate of drug-likeness (QED) is 0.924. The first-order valence-corrected chi connectivity index (χ1v) is 6.86. The topological polar surface area (TPSA) is 26.7 Å². The molecular formula is C13H18Cl2N2O. The Morgan fingerprint density at radius 3 is 2.56 bits per heavy atom. The second-order valence-electron chi connectivity index (χ2n) is 4.79. The number of hydrogen-bond donors (Lipinski definition) is 1. The van der Waals surface area contributed by atoms with Gasteiger partial charge in [0, 0.05) is 48.3 Å². The van der Waals surface area contributed by atoms with Gasteiger partial charge in [-0.15, -0.1) is 0 Å². The van der Waals surface area contributed by atoms with Crippen LogP contribution in [-0.4, -0.2) is 54.7 Å². The van der Waals surface area contributed by atoms with E-state index >= 15 is 0 Å². The molecule has 1 atom stereocenters. The standard InChI is InChI=1S/C13H18Cl2N2O/c1-16-4-6-17(7-5-16)9-13(18)11-8-10(14)2-3-12(11)15/h2-3,8,13,18H,4-7,9H2,1H3/t13-/m0/s1. The van der Waals surface area contributed by atoms with Crippen molar-refractivity contribution < 1.29 is 5.11 Å². The Morgan fingerprint density at radius 1 is 1.22 bits per heavy atom. The molecule has 1 aliphatic heterocycles. The normalized spacial score (nSPS) is 20.0. The predicted octanol–water partition coefficient (Wildman–Crippen LogP) is 2.27. The van der Waals surface area contributed by atoms with Crippen molar-refractivity contribution in [2.45, 2.75) is 6.10 Å². The van der Waals surface area contributed by atoms with Gasteiger partial charge in [-0.05, 0) is 25.2 Å². The smallest absolute Gasteiger partial charge is 0.0931 e. The Morgan fingerprint density at radius 2 is 1.89 bits per heavy atom. The van der Waals surface area contributed by atoms with E-state index in [1.807, 2.05) is 0 Å². The number of likely N-dealkylation sites (N-methyl/N-ethyl adjacent to an activating group) is 1. The number of halogens is 2. The number of benzene rings is 1. The average molecular weight is 289 g/mol. The van der Waals surface area contributed by atoms with Crippen molar-refractivity contribution in [2.75, 3.05) is 39.8 Å². The van der Waals surface area contributed by atoms with E-state index in [9.17, 15) is 5.11 Å². The van der Waals surface area contributed by atoms with Gasteiger partial charge in [0.05, 0.1) is 6.10 Å². The van der Waals surface area contributed by atoms with E-state index in [0.717, 1.165) is 26.2 Å². The fourth-order valence-corrected chi connectivity index (χ4v) is 2.57. The zero-order chi connectivity index (χ0) is 13.1. The van der Waals surface area contributed by atoms with E-state index in [-0.39, 0.29) is 0 Å². The minimum Gasteiger partial charge on any atom is -0.387 e. The van der Waals surface area contributed by atoms with Gasteiger partial charge in [0.1, 0.15) is 0 Å². The van der Waals surface area contributed by atoms with Crippen molar-refractivity contribution in [1.82, 2.24) is 9.80 Å². The van der Waals surface area contributed by atoms with E-state index in [0.29, 0.717) is 22.2 Å². The summed E-state index contributed by atoms with van der Waals surface area (Å²) in [4.78, 5) is 4.54.